The van der Waals surface area contributed by atoms with Crippen molar-refractivity contribution in [2.45, 2.75) is 51.7 Å². The average molecular weight is 456 g/mol. The largest absolute Gasteiger partial charge is 0.378 e. The van der Waals surface area contributed by atoms with Crippen molar-refractivity contribution in [1.82, 2.24) is 29.5 Å². The summed E-state index contributed by atoms with van der Waals surface area (Å²) in [6, 6.07) is 5.99. The van der Waals surface area contributed by atoms with Gasteiger partial charge in [0.15, 0.2) is 5.65 Å². The van der Waals surface area contributed by atoms with Gasteiger partial charge in [0.25, 0.3) is 0 Å². The molecule has 1 saturated heterocycles. The molecule has 4 aromatic rings. The highest BCUT2D eigenvalue weighted by atomic mass is 16.5. The number of ether oxygens (including phenoxy) is 1. The standard InChI is InChI=1S/C25H25N7O2/c1-4-32-22(16-11-26-14(2)27-12-16)31-21-20(28-13-29-23(21)32)15-5-6-19-18(9-15)25(3,24(33)30-19)10-17-7-8-34-17/h5-6,9,11-13,17H,4,7-8,10H2,1-3H3,(H,30,33)/t17-,25-/m1/s1. The molecule has 0 saturated carbocycles. The first-order valence-electron chi connectivity index (χ1n) is 11.6. The number of aryl methyl sites for hydroxylation is 2. The van der Waals surface area contributed by atoms with E-state index in [2.05, 4.69) is 38.2 Å². The van der Waals surface area contributed by atoms with Crippen molar-refractivity contribution in [3.8, 4) is 22.6 Å². The van der Waals surface area contributed by atoms with E-state index in [1.54, 1.807) is 18.7 Å². The van der Waals surface area contributed by atoms with Gasteiger partial charge < -0.3 is 14.6 Å². The third kappa shape index (κ3) is 3.11. The highest BCUT2D eigenvalue weighted by Gasteiger charge is 2.45. The molecular formula is C25H25N7O2. The van der Waals surface area contributed by atoms with Gasteiger partial charge in [-0.1, -0.05) is 6.07 Å². The molecule has 1 N–H and O–H groups in total. The Morgan fingerprint density at radius 3 is 2.68 bits per heavy atom. The third-order valence-corrected chi connectivity index (χ3v) is 6.95. The summed E-state index contributed by atoms with van der Waals surface area (Å²) >= 11 is 0. The third-order valence-electron chi connectivity index (χ3n) is 6.95. The van der Waals surface area contributed by atoms with Gasteiger partial charge in [-0.2, -0.15) is 0 Å². The quantitative estimate of drug-likeness (QED) is 0.489. The van der Waals surface area contributed by atoms with Gasteiger partial charge in [-0.25, -0.2) is 24.9 Å². The van der Waals surface area contributed by atoms with Crippen molar-refractivity contribution < 1.29 is 9.53 Å². The Morgan fingerprint density at radius 2 is 1.97 bits per heavy atom. The smallest absolute Gasteiger partial charge is 0.234 e. The van der Waals surface area contributed by atoms with Gasteiger partial charge in [-0.05, 0) is 51.3 Å². The number of hydrogen-bond donors (Lipinski definition) is 1. The van der Waals surface area contributed by atoms with E-state index in [9.17, 15) is 4.79 Å². The molecule has 2 aliphatic rings. The molecule has 9 heteroatoms. The molecular weight excluding hydrogens is 430 g/mol. The molecule has 34 heavy (non-hydrogen) atoms. The number of hydrogen-bond acceptors (Lipinski definition) is 7. The number of amides is 1. The number of carbonyl (C=O) groups excluding carboxylic acids is 1. The summed E-state index contributed by atoms with van der Waals surface area (Å²) in [6.45, 7) is 7.37. The van der Waals surface area contributed by atoms with Crippen LogP contribution in [-0.4, -0.2) is 48.1 Å². The normalized spacial score (nSPS) is 21.4. The molecule has 9 nitrogen and oxygen atoms in total. The van der Waals surface area contributed by atoms with Crippen LogP contribution < -0.4 is 5.32 Å². The van der Waals surface area contributed by atoms with Crippen LogP contribution >= 0.6 is 0 Å². The lowest BCUT2D eigenvalue weighted by Crippen LogP contribution is -2.39. The predicted molar refractivity (Wildman–Crippen MR) is 127 cm³/mol. The van der Waals surface area contributed by atoms with Crippen LogP contribution in [-0.2, 0) is 21.5 Å². The summed E-state index contributed by atoms with van der Waals surface area (Å²) in [6.07, 6.45) is 6.91. The summed E-state index contributed by atoms with van der Waals surface area (Å²) in [5, 5.41) is 3.04. The van der Waals surface area contributed by atoms with Crippen molar-refractivity contribution in [1.29, 1.82) is 0 Å². The van der Waals surface area contributed by atoms with Crippen molar-refractivity contribution in [2.75, 3.05) is 11.9 Å². The minimum Gasteiger partial charge on any atom is -0.378 e. The van der Waals surface area contributed by atoms with Crippen LogP contribution in [0.25, 0.3) is 33.8 Å². The van der Waals surface area contributed by atoms with E-state index in [1.165, 1.54) is 0 Å². The number of nitrogens with zero attached hydrogens (tertiary/aromatic N) is 6. The van der Waals surface area contributed by atoms with Gasteiger partial charge in [0, 0.05) is 36.8 Å². The van der Waals surface area contributed by atoms with Crippen LogP contribution in [0.15, 0.2) is 36.9 Å². The van der Waals surface area contributed by atoms with Gasteiger partial charge in [-0.15, -0.1) is 0 Å². The van der Waals surface area contributed by atoms with Crippen molar-refractivity contribution in [3.05, 3.63) is 48.3 Å². The van der Waals surface area contributed by atoms with Crippen molar-refractivity contribution >= 4 is 22.8 Å². The first kappa shape index (κ1) is 20.9. The maximum Gasteiger partial charge on any atom is 0.234 e. The molecule has 6 rings (SSSR count). The van der Waals surface area contributed by atoms with Crippen molar-refractivity contribution in [3.63, 3.8) is 0 Å². The SMILES string of the molecule is CCn1c(-c2cnc(C)nc2)nc2c(-c3ccc4c(c3)[C@@](C)(C[C@H]3CCO3)C(=O)N4)ncnc21. The molecule has 1 aromatic carbocycles. The number of nitrogens with one attached hydrogen (secondary N) is 1. The van der Waals surface area contributed by atoms with E-state index in [4.69, 9.17) is 9.72 Å². The maximum absolute atomic E-state index is 12.9. The number of carbonyl (C=O) groups is 1. The van der Waals surface area contributed by atoms with Crippen LogP contribution in [0.4, 0.5) is 5.69 Å². The van der Waals surface area contributed by atoms with Gasteiger partial charge >= 0.3 is 0 Å². The molecule has 172 valence electrons. The van der Waals surface area contributed by atoms with E-state index < -0.39 is 5.41 Å². The van der Waals surface area contributed by atoms with Crippen LogP contribution in [0, 0.1) is 6.92 Å². The topological polar surface area (TPSA) is 108 Å². The fraction of sp³-hybridized carbons (Fsp3) is 0.360. The number of imidazole rings is 1. The zero-order valence-corrected chi connectivity index (χ0v) is 19.4. The van der Waals surface area contributed by atoms with E-state index in [-0.39, 0.29) is 12.0 Å². The molecule has 1 fully saturated rings. The van der Waals surface area contributed by atoms with Crippen molar-refractivity contribution in [2.24, 2.45) is 0 Å². The summed E-state index contributed by atoms with van der Waals surface area (Å²) in [7, 11) is 0. The maximum atomic E-state index is 12.9. The Kier molecular flexibility index (Phi) is 4.70. The second-order valence-corrected chi connectivity index (χ2v) is 9.13. The zero-order valence-electron chi connectivity index (χ0n) is 19.4. The molecule has 2 aliphatic heterocycles. The van der Waals surface area contributed by atoms with Gasteiger partial charge in [0.2, 0.25) is 5.91 Å². The van der Waals surface area contributed by atoms with Crippen LogP contribution in [0.5, 0.6) is 0 Å². The molecule has 2 atom stereocenters. The number of fused-ring (bicyclic) bond motifs is 2. The lowest BCUT2D eigenvalue weighted by molar-refractivity contribution is -0.124. The molecule has 0 spiro atoms. The second-order valence-electron chi connectivity index (χ2n) is 9.13. The molecule has 5 heterocycles. The summed E-state index contributed by atoms with van der Waals surface area (Å²) in [4.78, 5) is 35.7. The van der Waals surface area contributed by atoms with Gasteiger partial charge in [0.1, 0.15) is 29.2 Å². The van der Waals surface area contributed by atoms with E-state index >= 15 is 0 Å². The Morgan fingerprint density at radius 1 is 1.18 bits per heavy atom. The summed E-state index contributed by atoms with van der Waals surface area (Å²) < 4.78 is 7.69. The van der Waals surface area contributed by atoms with Crippen LogP contribution in [0.1, 0.15) is 38.1 Å². The monoisotopic (exact) mass is 455 g/mol. The highest BCUT2D eigenvalue weighted by molar-refractivity contribution is 6.06. The summed E-state index contributed by atoms with van der Waals surface area (Å²) in [5.41, 5.74) is 5.09. The number of anilines is 1. The highest BCUT2D eigenvalue weighted by Crippen LogP contribution is 2.44. The molecule has 3 aromatic heterocycles. The van der Waals surface area contributed by atoms with Crippen LogP contribution in [0.2, 0.25) is 0 Å². The number of benzene rings is 1. The number of aromatic nitrogens is 6. The molecule has 0 aliphatic carbocycles. The minimum absolute atomic E-state index is 0.0138. The fourth-order valence-electron chi connectivity index (χ4n) is 4.92. The van der Waals surface area contributed by atoms with E-state index in [1.807, 2.05) is 30.5 Å². The van der Waals surface area contributed by atoms with Crippen LogP contribution in [0.3, 0.4) is 0 Å². The minimum atomic E-state index is -0.643. The first-order chi connectivity index (χ1) is 16.5. The van der Waals surface area contributed by atoms with Gasteiger partial charge in [-0.3, -0.25) is 4.79 Å². The first-order valence-corrected chi connectivity index (χ1v) is 11.6. The summed E-state index contributed by atoms with van der Waals surface area (Å²) in [5.74, 6) is 1.48. The van der Waals surface area contributed by atoms with E-state index in [0.717, 1.165) is 52.6 Å². The Bertz CT molecular complexity index is 1430. The van der Waals surface area contributed by atoms with E-state index in [0.29, 0.717) is 24.3 Å². The Labute approximate surface area is 196 Å². The Balaban J connectivity index is 1.48. The fourth-order valence-corrected chi connectivity index (χ4v) is 4.92. The average Bonchev–Trinajstić information content (AvgIpc) is 3.31. The predicted octanol–water partition coefficient (Wildman–Crippen LogP) is 3.67. The lowest BCUT2D eigenvalue weighted by atomic mass is 9.77. The second kappa shape index (κ2) is 7.66. The number of rotatable bonds is 5. The molecule has 0 unspecified atom stereocenters. The zero-order chi connectivity index (χ0) is 23.4. The lowest BCUT2D eigenvalue weighted by Gasteiger charge is -2.33. The molecule has 0 bridgehead atoms. The Hall–Kier alpha value is -3.72. The molecule has 1 amide bonds. The van der Waals surface area contributed by atoms with Gasteiger partial charge in [0.05, 0.1) is 17.1 Å². The molecule has 0 radical (unpaired) electrons.